The van der Waals surface area contributed by atoms with Gasteiger partial charge in [-0.3, -0.25) is 9.59 Å². The Labute approximate surface area is 187 Å². The first-order chi connectivity index (χ1) is 15.0. The number of ketones is 2. The van der Waals surface area contributed by atoms with Gasteiger partial charge in [-0.05, 0) is 62.1 Å². The summed E-state index contributed by atoms with van der Waals surface area (Å²) < 4.78 is 0. The number of nitrogens with zero attached hydrogens (tertiary/aromatic N) is 2. The Morgan fingerprint density at radius 3 is 1.75 bits per heavy atom. The van der Waals surface area contributed by atoms with Crippen molar-refractivity contribution in [2.45, 2.75) is 48.5 Å². The first-order valence-electron chi connectivity index (χ1n) is 9.99. The lowest BCUT2D eigenvalue weighted by atomic mass is 9.90. The van der Waals surface area contributed by atoms with Gasteiger partial charge >= 0.3 is 11.9 Å². The number of rotatable bonds is 4. The Balaban J connectivity index is 0.000000320. The Morgan fingerprint density at radius 2 is 1.31 bits per heavy atom. The highest BCUT2D eigenvalue weighted by Crippen LogP contribution is 2.19. The summed E-state index contributed by atoms with van der Waals surface area (Å²) in [4.78, 5) is 53.5. The molecule has 2 rings (SSSR count). The third-order valence-corrected chi connectivity index (χ3v) is 4.17. The first-order valence-corrected chi connectivity index (χ1v) is 9.99. The molecule has 8 heteroatoms. The van der Waals surface area contributed by atoms with E-state index in [1.54, 1.807) is 38.2 Å². The highest BCUT2D eigenvalue weighted by Gasteiger charge is 2.19. The Bertz CT molecular complexity index is 1020. The van der Waals surface area contributed by atoms with Crippen LogP contribution < -0.4 is 0 Å². The fourth-order valence-corrected chi connectivity index (χ4v) is 2.56. The van der Waals surface area contributed by atoms with Gasteiger partial charge in [-0.2, -0.15) is 0 Å². The van der Waals surface area contributed by atoms with E-state index in [1.165, 1.54) is 26.0 Å². The summed E-state index contributed by atoms with van der Waals surface area (Å²) >= 11 is 0. The van der Waals surface area contributed by atoms with Gasteiger partial charge in [0.2, 0.25) is 0 Å². The second-order valence-electron chi connectivity index (χ2n) is 7.36. The molecular weight excluding hydrogens is 412 g/mol. The summed E-state index contributed by atoms with van der Waals surface area (Å²) in [6.07, 6.45) is 9.71. The molecule has 0 aliphatic heterocycles. The number of hydrogen-bond donors (Lipinski definition) is 0. The number of hydrogen-bond acceptors (Lipinski definition) is 8. The molecule has 0 heterocycles. The molecule has 0 aromatic carbocycles. The predicted octanol–water partition coefficient (Wildman–Crippen LogP) is 3.95. The van der Waals surface area contributed by atoms with Gasteiger partial charge in [0.05, 0.1) is 0 Å². The van der Waals surface area contributed by atoms with Gasteiger partial charge in [0.25, 0.3) is 0 Å². The molecule has 2 aliphatic rings. The zero-order valence-corrected chi connectivity index (χ0v) is 19.4. The maximum atomic E-state index is 11.6. The van der Waals surface area contributed by atoms with Gasteiger partial charge in [-0.25, -0.2) is 9.59 Å². The van der Waals surface area contributed by atoms with Gasteiger partial charge < -0.3 is 9.68 Å². The average molecular weight is 440 g/mol. The van der Waals surface area contributed by atoms with E-state index < -0.39 is 11.9 Å². The highest BCUT2D eigenvalue weighted by atomic mass is 16.7. The lowest BCUT2D eigenvalue weighted by Gasteiger charge is -2.14. The van der Waals surface area contributed by atoms with Crippen molar-refractivity contribution in [3.63, 3.8) is 0 Å². The molecule has 170 valence electrons. The van der Waals surface area contributed by atoms with Crippen LogP contribution in [0.25, 0.3) is 0 Å². The van der Waals surface area contributed by atoms with Crippen molar-refractivity contribution in [1.82, 2.24) is 0 Å². The van der Waals surface area contributed by atoms with Crippen LogP contribution in [-0.2, 0) is 28.9 Å². The van der Waals surface area contributed by atoms with Crippen LogP contribution in [-0.4, -0.2) is 34.9 Å². The summed E-state index contributed by atoms with van der Waals surface area (Å²) in [6, 6.07) is 0. The molecule has 0 spiro atoms. The molecule has 32 heavy (non-hydrogen) atoms. The van der Waals surface area contributed by atoms with Gasteiger partial charge in [0, 0.05) is 25.0 Å². The first kappa shape index (κ1) is 26.4. The van der Waals surface area contributed by atoms with Crippen molar-refractivity contribution in [3.8, 4) is 0 Å². The fraction of sp³-hybridized carbons (Fsp3) is 0.333. The molecule has 0 fully saturated rings. The van der Waals surface area contributed by atoms with Gasteiger partial charge in [0.1, 0.15) is 11.4 Å². The summed E-state index contributed by atoms with van der Waals surface area (Å²) in [7, 11) is 0. The molecule has 0 radical (unpaired) electrons. The van der Waals surface area contributed by atoms with Crippen LogP contribution in [0.5, 0.6) is 0 Å². The summed E-state index contributed by atoms with van der Waals surface area (Å²) in [5.41, 5.74) is 3.60. The van der Waals surface area contributed by atoms with E-state index in [2.05, 4.69) is 20.0 Å². The molecule has 0 unspecified atom stereocenters. The third-order valence-electron chi connectivity index (χ3n) is 4.17. The van der Waals surface area contributed by atoms with Crippen LogP contribution in [0, 0.1) is 5.92 Å². The Hall–Kier alpha value is -3.68. The second-order valence-corrected chi connectivity index (χ2v) is 7.36. The summed E-state index contributed by atoms with van der Waals surface area (Å²) in [5.74, 6) is -0.916. The lowest BCUT2D eigenvalue weighted by molar-refractivity contribution is -0.141. The Morgan fingerprint density at radius 1 is 0.844 bits per heavy atom. The molecule has 0 aromatic heterocycles. The number of oxime groups is 2. The van der Waals surface area contributed by atoms with E-state index in [-0.39, 0.29) is 17.5 Å². The SMILES string of the molecule is CC(=O)ON=C1C=C(C(C)C)C(=O)C=C1C.CC=CC1=CC(=NOC(C)=O)C(C)=CC1=O. The quantitative estimate of drug-likeness (QED) is 0.372. The van der Waals surface area contributed by atoms with Crippen LogP contribution in [0.4, 0.5) is 0 Å². The monoisotopic (exact) mass is 440 g/mol. The van der Waals surface area contributed by atoms with E-state index in [0.717, 1.165) is 0 Å². The standard InChI is InChI=1S/C12H15NO3.C12H13NO3/c1-7(2)10-6-11(13-16-9(4)14)8(3)5-12(10)15;1-4-5-10-7-11(13-16-9(3)14)8(2)6-12(10)15/h5-7H,1-4H3;4-7H,1-3H3. The number of allylic oxidation sites excluding steroid dienone is 10. The summed E-state index contributed by atoms with van der Waals surface area (Å²) in [6.45, 7) is 11.7. The summed E-state index contributed by atoms with van der Waals surface area (Å²) in [5, 5.41) is 7.37. The molecule has 0 N–H and O–H groups in total. The van der Waals surface area contributed by atoms with Crippen LogP contribution in [0.1, 0.15) is 48.5 Å². The predicted molar refractivity (Wildman–Crippen MR) is 122 cm³/mol. The van der Waals surface area contributed by atoms with Crippen molar-refractivity contribution in [2.75, 3.05) is 0 Å². The molecule has 0 amide bonds. The van der Waals surface area contributed by atoms with Crippen molar-refractivity contribution in [1.29, 1.82) is 0 Å². The van der Waals surface area contributed by atoms with Gasteiger partial charge in [-0.15, -0.1) is 0 Å². The molecule has 0 bridgehead atoms. The van der Waals surface area contributed by atoms with E-state index in [0.29, 0.717) is 33.7 Å². The van der Waals surface area contributed by atoms with Crippen LogP contribution in [0.15, 0.2) is 69.1 Å². The minimum absolute atomic E-state index is 0.00530. The molecule has 2 aliphatic carbocycles. The smallest absolute Gasteiger partial charge is 0.318 e. The van der Waals surface area contributed by atoms with E-state index >= 15 is 0 Å². The van der Waals surface area contributed by atoms with E-state index in [1.807, 2.05) is 20.8 Å². The Kier molecular flexibility index (Phi) is 10.1. The van der Waals surface area contributed by atoms with Crippen LogP contribution in [0.3, 0.4) is 0 Å². The normalized spacial score (nSPS) is 18.6. The molecule has 0 aromatic rings. The van der Waals surface area contributed by atoms with Crippen LogP contribution >= 0.6 is 0 Å². The number of carbonyl (C=O) groups is 4. The largest absolute Gasteiger partial charge is 0.332 e. The van der Waals surface area contributed by atoms with Crippen molar-refractivity contribution >= 4 is 34.9 Å². The fourth-order valence-electron chi connectivity index (χ4n) is 2.56. The second kappa shape index (κ2) is 12.2. The lowest BCUT2D eigenvalue weighted by Crippen LogP contribution is -2.16. The number of carbonyl (C=O) groups excluding carboxylic acids is 4. The highest BCUT2D eigenvalue weighted by molar-refractivity contribution is 6.23. The minimum atomic E-state index is -0.488. The maximum absolute atomic E-state index is 11.6. The van der Waals surface area contributed by atoms with Gasteiger partial charge in [0.15, 0.2) is 11.6 Å². The van der Waals surface area contributed by atoms with Crippen molar-refractivity contribution in [2.24, 2.45) is 16.2 Å². The zero-order valence-electron chi connectivity index (χ0n) is 19.4. The molecular formula is C24H28N2O6. The topological polar surface area (TPSA) is 111 Å². The van der Waals surface area contributed by atoms with Crippen molar-refractivity contribution in [3.05, 3.63) is 58.7 Å². The molecule has 0 saturated heterocycles. The van der Waals surface area contributed by atoms with Gasteiger partial charge in [-0.1, -0.05) is 36.3 Å². The molecule has 8 nitrogen and oxygen atoms in total. The zero-order chi connectivity index (χ0) is 24.4. The van der Waals surface area contributed by atoms with Crippen LogP contribution in [0.2, 0.25) is 0 Å². The third kappa shape index (κ3) is 8.22. The van der Waals surface area contributed by atoms with E-state index in [9.17, 15) is 19.2 Å². The molecule has 0 atom stereocenters. The minimum Gasteiger partial charge on any atom is -0.318 e. The average Bonchev–Trinajstić information content (AvgIpc) is 2.68. The molecule has 0 saturated carbocycles. The van der Waals surface area contributed by atoms with E-state index in [4.69, 9.17) is 0 Å². The van der Waals surface area contributed by atoms with Crippen molar-refractivity contribution < 1.29 is 28.9 Å². The maximum Gasteiger partial charge on any atom is 0.332 e.